The molecule has 0 spiro atoms. The Morgan fingerprint density at radius 2 is 0.844 bits per heavy atom. The molecule has 0 atom stereocenters. The first-order valence-corrected chi connectivity index (χ1v) is 16.2. The van der Waals surface area contributed by atoms with Crippen LogP contribution in [0.1, 0.15) is 0 Å². The summed E-state index contributed by atoms with van der Waals surface area (Å²) >= 11 is 1.87. The van der Waals surface area contributed by atoms with Gasteiger partial charge in [-0.15, -0.1) is 11.3 Å². The van der Waals surface area contributed by atoms with Gasteiger partial charge in [0.25, 0.3) is 0 Å². The number of aromatic nitrogens is 2. The molecule has 0 amide bonds. The van der Waals surface area contributed by atoms with Gasteiger partial charge in [-0.3, -0.25) is 0 Å². The largest absolute Gasteiger partial charge is 0.307 e. The fourth-order valence-electron chi connectivity index (χ4n) is 7.33. The quantitative estimate of drug-likeness (QED) is 0.194. The molecule has 0 radical (unpaired) electrons. The van der Waals surface area contributed by atoms with Gasteiger partial charge in [-0.05, 0) is 71.8 Å². The Morgan fingerprint density at radius 3 is 1.56 bits per heavy atom. The molecule has 7 aromatic carbocycles. The predicted molar refractivity (Wildman–Crippen MR) is 193 cm³/mol. The third kappa shape index (κ3) is 3.56. The summed E-state index contributed by atoms with van der Waals surface area (Å²) in [5, 5.41) is 7.70. The number of benzene rings is 7. The van der Waals surface area contributed by atoms with Crippen molar-refractivity contribution in [3.63, 3.8) is 0 Å². The van der Waals surface area contributed by atoms with E-state index in [4.69, 9.17) is 0 Å². The molecule has 0 aliphatic carbocycles. The van der Waals surface area contributed by atoms with E-state index < -0.39 is 0 Å². The molecule has 0 aliphatic heterocycles. The van der Waals surface area contributed by atoms with Gasteiger partial charge in [-0.1, -0.05) is 97.1 Å². The number of fused-ring (bicyclic) bond motifs is 10. The molecule has 0 bridgehead atoms. The standard InChI is InChI=1S/C42H26N2S/c1-3-11-29(12-4-1)43-37-17-9-7-15-31(37)33-21-22-34-35-25-27(28-20-24-40-36(26-28)32-16-8-10-18-39(32)45-40)19-23-38(35)44(42(34)41(33)43)30-13-5-2-6-14-30/h1-26H. The summed E-state index contributed by atoms with van der Waals surface area (Å²) in [5.41, 5.74) is 9.68. The summed E-state index contributed by atoms with van der Waals surface area (Å²) in [5.74, 6) is 0. The molecule has 3 aromatic heterocycles. The lowest BCUT2D eigenvalue weighted by Crippen LogP contribution is -1.98. The van der Waals surface area contributed by atoms with Gasteiger partial charge in [-0.25, -0.2) is 0 Å². The van der Waals surface area contributed by atoms with Gasteiger partial charge in [-0.2, -0.15) is 0 Å². The molecule has 0 saturated heterocycles. The van der Waals surface area contributed by atoms with Crippen molar-refractivity contribution in [2.45, 2.75) is 0 Å². The Morgan fingerprint density at radius 1 is 0.333 bits per heavy atom. The van der Waals surface area contributed by atoms with E-state index in [1.807, 2.05) is 11.3 Å². The van der Waals surface area contributed by atoms with Gasteiger partial charge in [0.1, 0.15) is 0 Å². The molecule has 0 saturated carbocycles. The molecule has 2 nitrogen and oxygen atoms in total. The highest BCUT2D eigenvalue weighted by atomic mass is 32.1. The SMILES string of the molecule is c1ccc(-n2c3ccccc3c3ccc4c5cc(-c6ccc7sc8ccccc8c7c6)ccc5n(-c5ccccc5)c4c32)cc1. The number of rotatable bonds is 3. The van der Waals surface area contributed by atoms with Crippen LogP contribution in [-0.4, -0.2) is 9.13 Å². The maximum atomic E-state index is 2.46. The van der Waals surface area contributed by atoms with Crippen molar-refractivity contribution in [2.24, 2.45) is 0 Å². The Labute approximate surface area is 263 Å². The van der Waals surface area contributed by atoms with Crippen molar-refractivity contribution in [2.75, 3.05) is 0 Å². The van der Waals surface area contributed by atoms with Gasteiger partial charge < -0.3 is 9.13 Å². The van der Waals surface area contributed by atoms with Crippen LogP contribution in [-0.2, 0) is 0 Å². The summed E-state index contributed by atoms with van der Waals surface area (Å²) in [6.45, 7) is 0. The van der Waals surface area contributed by atoms with Crippen LogP contribution in [0.2, 0.25) is 0 Å². The van der Waals surface area contributed by atoms with Crippen LogP contribution in [0.3, 0.4) is 0 Å². The summed E-state index contributed by atoms with van der Waals surface area (Å²) < 4.78 is 7.58. The van der Waals surface area contributed by atoms with Gasteiger partial charge in [0.05, 0.1) is 22.1 Å². The molecule has 0 aliphatic rings. The molecule has 45 heavy (non-hydrogen) atoms. The topological polar surface area (TPSA) is 9.86 Å². The third-order valence-corrected chi connectivity index (χ3v) is 10.5. The van der Waals surface area contributed by atoms with E-state index in [1.165, 1.54) is 74.9 Å². The zero-order chi connectivity index (χ0) is 29.5. The normalized spacial score (nSPS) is 12.0. The fraction of sp³-hybridized carbons (Fsp3) is 0. The van der Waals surface area contributed by atoms with E-state index in [1.54, 1.807) is 0 Å². The molecule has 3 heterocycles. The van der Waals surface area contributed by atoms with E-state index in [0.29, 0.717) is 0 Å². The average Bonchev–Trinajstić information content (AvgIpc) is 3.76. The first-order chi connectivity index (χ1) is 22.3. The van der Waals surface area contributed by atoms with Crippen LogP contribution < -0.4 is 0 Å². The van der Waals surface area contributed by atoms with E-state index in [2.05, 4.69) is 167 Å². The average molecular weight is 591 g/mol. The Bertz CT molecular complexity index is 2740. The molecule has 210 valence electrons. The number of hydrogen-bond acceptors (Lipinski definition) is 1. The fourth-order valence-corrected chi connectivity index (χ4v) is 8.41. The van der Waals surface area contributed by atoms with Crippen molar-refractivity contribution in [1.29, 1.82) is 0 Å². The second-order valence-corrected chi connectivity index (χ2v) is 12.8. The molecule has 0 N–H and O–H groups in total. The number of para-hydroxylation sites is 3. The molecule has 10 rings (SSSR count). The first-order valence-electron chi connectivity index (χ1n) is 15.4. The summed E-state index contributed by atoms with van der Waals surface area (Å²) in [7, 11) is 0. The molecular weight excluding hydrogens is 565 g/mol. The van der Waals surface area contributed by atoms with Crippen LogP contribution in [0, 0.1) is 0 Å². The zero-order valence-corrected chi connectivity index (χ0v) is 25.1. The monoisotopic (exact) mass is 590 g/mol. The van der Waals surface area contributed by atoms with Crippen molar-refractivity contribution < 1.29 is 0 Å². The zero-order valence-electron chi connectivity index (χ0n) is 24.3. The summed E-state index contributed by atoms with van der Waals surface area (Å²) in [6, 6.07) is 57.7. The minimum atomic E-state index is 1.16. The summed E-state index contributed by atoms with van der Waals surface area (Å²) in [4.78, 5) is 0. The van der Waals surface area contributed by atoms with Gasteiger partial charge in [0.2, 0.25) is 0 Å². The number of hydrogen-bond donors (Lipinski definition) is 0. The lowest BCUT2D eigenvalue weighted by atomic mass is 10.0. The highest BCUT2D eigenvalue weighted by molar-refractivity contribution is 7.25. The maximum absolute atomic E-state index is 2.46. The third-order valence-electron chi connectivity index (χ3n) is 9.30. The lowest BCUT2D eigenvalue weighted by Gasteiger charge is -2.12. The van der Waals surface area contributed by atoms with Crippen LogP contribution in [0.25, 0.3) is 86.3 Å². The highest BCUT2D eigenvalue weighted by Gasteiger charge is 2.21. The minimum absolute atomic E-state index is 1.16. The van der Waals surface area contributed by atoms with E-state index in [-0.39, 0.29) is 0 Å². The molecule has 0 unspecified atom stereocenters. The Hall–Kier alpha value is -5.64. The van der Waals surface area contributed by atoms with Crippen molar-refractivity contribution in [3.8, 4) is 22.5 Å². The number of thiophene rings is 1. The van der Waals surface area contributed by atoms with Crippen LogP contribution in [0.15, 0.2) is 158 Å². The Kier molecular flexibility index (Phi) is 5.19. The summed E-state index contributed by atoms with van der Waals surface area (Å²) in [6.07, 6.45) is 0. The Balaban J connectivity index is 1.33. The van der Waals surface area contributed by atoms with E-state index in [0.717, 1.165) is 11.4 Å². The second kappa shape index (κ2) is 9.43. The van der Waals surface area contributed by atoms with Gasteiger partial charge in [0.15, 0.2) is 0 Å². The van der Waals surface area contributed by atoms with Gasteiger partial charge in [0, 0.05) is 53.1 Å². The predicted octanol–water partition coefficient (Wildman–Crippen LogP) is 11.9. The maximum Gasteiger partial charge on any atom is 0.0788 e. The molecule has 10 aromatic rings. The van der Waals surface area contributed by atoms with Crippen LogP contribution in [0.4, 0.5) is 0 Å². The van der Waals surface area contributed by atoms with Crippen LogP contribution in [0.5, 0.6) is 0 Å². The molecular formula is C42H26N2S. The van der Waals surface area contributed by atoms with Crippen LogP contribution >= 0.6 is 11.3 Å². The first kappa shape index (κ1) is 24.8. The second-order valence-electron chi connectivity index (χ2n) is 11.8. The van der Waals surface area contributed by atoms with Crippen molar-refractivity contribution in [3.05, 3.63) is 158 Å². The van der Waals surface area contributed by atoms with Gasteiger partial charge >= 0.3 is 0 Å². The van der Waals surface area contributed by atoms with E-state index in [9.17, 15) is 0 Å². The smallest absolute Gasteiger partial charge is 0.0788 e. The molecule has 0 fully saturated rings. The minimum Gasteiger partial charge on any atom is -0.307 e. The van der Waals surface area contributed by atoms with Crippen molar-refractivity contribution >= 4 is 75.1 Å². The lowest BCUT2D eigenvalue weighted by molar-refractivity contribution is 1.15. The van der Waals surface area contributed by atoms with E-state index >= 15 is 0 Å². The highest BCUT2D eigenvalue weighted by Crippen LogP contribution is 2.43. The van der Waals surface area contributed by atoms with Crippen molar-refractivity contribution in [1.82, 2.24) is 9.13 Å². The molecule has 3 heteroatoms. The number of nitrogens with zero attached hydrogens (tertiary/aromatic N) is 2.